The minimum Gasteiger partial charge on any atom is -0.309 e. The van der Waals surface area contributed by atoms with Crippen molar-refractivity contribution in [2.75, 3.05) is 0 Å². The normalized spacial score (nSPS) is 10.8. The van der Waals surface area contributed by atoms with E-state index >= 15 is 0 Å². The molecule has 2 aromatic heterocycles. The molecule has 0 radical (unpaired) electrons. The monoisotopic (exact) mass is 1110 g/mol. The SMILES string of the molecule is [C-]#[N+]c1cc(C#N)cc(-c2ccc3c4ccc(-c5cc(C#N)cc([N+]#[C-])c5)cc4n(-c4cc(-c5ccc(C(F)(F)F)cc5C#N)c(-n5c6cc(-c7cc(C#N)cc([N+]#[C-])c7)ccc6c6ccc(-c7cc(C#N)cc([N+]#[C-])c7)cc65)cc4C#N)c3c2)c1. The number of hydrogen-bond donors (Lipinski definition) is 0. The van der Waals surface area contributed by atoms with Gasteiger partial charge in [-0.3, -0.25) is 0 Å². The average molecular weight is 1110 g/mol. The smallest absolute Gasteiger partial charge is 0.309 e. The van der Waals surface area contributed by atoms with Crippen molar-refractivity contribution in [2.24, 2.45) is 0 Å². The van der Waals surface area contributed by atoms with Gasteiger partial charge in [0.25, 0.3) is 0 Å². The molecule has 12 rings (SSSR count). The Morgan fingerprint density at radius 1 is 0.314 bits per heavy atom. The van der Waals surface area contributed by atoms with Gasteiger partial charge < -0.3 is 9.13 Å². The van der Waals surface area contributed by atoms with Crippen molar-refractivity contribution in [1.29, 1.82) is 31.6 Å². The molecule has 2 heterocycles. The third kappa shape index (κ3) is 9.09. The predicted octanol–water partition coefficient (Wildman–Crippen LogP) is 18.7. The molecule has 86 heavy (non-hydrogen) atoms. The number of alkyl halides is 3. The summed E-state index contributed by atoms with van der Waals surface area (Å²) in [5, 5.41) is 65.5. The Morgan fingerprint density at radius 3 is 0.953 bits per heavy atom. The van der Waals surface area contributed by atoms with Crippen LogP contribution in [0.5, 0.6) is 0 Å². The summed E-state index contributed by atoms with van der Waals surface area (Å²) in [7, 11) is 0. The van der Waals surface area contributed by atoms with Gasteiger partial charge in [0.15, 0.2) is 22.7 Å². The van der Waals surface area contributed by atoms with Gasteiger partial charge >= 0.3 is 6.18 Å². The number of nitrogens with zero attached hydrogens (tertiary/aromatic N) is 12. The van der Waals surface area contributed by atoms with E-state index in [1.807, 2.05) is 88.0 Å². The van der Waals surface area contributed by atoms with Gasteiger partial charge in [-0.15, -0.1) is 0 Å². The first-order chi connectivity index (χ1) is 41.7. The van der Waals surface area contributed by atoms with Gasteiger partial charge in [-0.1, -0.05) is 54.6 Å². The Balaban J connectivity index is 1.24. The van der Waals surface area contributed by atoms with Crippen LogP contribution in [0.15, 0.2) is 176 Å². The highest BCUT2D eigenvalue weighted by molar-refractivity contribution is 6.14. The minimum atomic E-state index is -4.85. The molecule has 10 aromatic carbocycles. The molecule has 15 heteroatoms. The van der Waals surface area contributed by atoms with E-state index in [4.69, 9.17) is 26.3 Å². The van der Waals surface area contributed by atoms with Crippen LogP contribution >= 0.6 is 0 Å². The molecule has 0 unspecified atom stereocenters. The van der Waals surface area contributed by atoms with Crippen LogP contribution in [-0.2, 0) is 6.18 Å². The van der Waals surface area contributed by atoms with E-state index in [-0.39, 0.29) is 78.6 Å². The van der Waals surface area contributed by atoms with Crippen LogP contribution in [0.1, 0.15) is 38.9 Å². The molecule has 0 fully saturated rings. The largest absolute Gasteiger partial charge is 0.416 e. The van der Waals surface area contributed by atoms with Crippen LogP contribution in [-0.4, -0.2) is 9.13 Å². The Hall–Kier alpha value is -13.5. The summed E-state index contributed by atoms with van der Waals surface area (Å²) in [4.78, 5) is 14.4. The van der Waals surface area contributed by atoms with Gasteiger partial charge in [-0.25, -0.2) is 19.4 Å². The van der Waals surface area contributed by atoms with E-state index in [0.29, 0.717) is 88.1 Å². The maximum absolute atomic E-state index is 14.7. The number of benzene rings is 10. The summed E-state index contributed by atoms with van der Waals surface area (Å²) in [6.07, 6.45) is -4.85. The van der Waals surface area contributed by atoms with Crippen molar-refractivity contribution in [1.82, 2.24) is 9.13 Å². The maximum atomic E-state index is 14.7. The van der Waals surface area contributed by atoms with Gasteiger partial charge in [0.2, 0.25) is 0 Å². The molecular weight excluding hydrogens is 1080 g/mol. The van der Waals surface area contributed by atoms with Crippen LogP contribution < -0.4 is 0 Å². The van der Waals surface area contributed by atoms with E-state index in [2.05, 4.69) is 49.7 Å². The number of hydrogen-bond acceptors (Lipinski definition) is 6. The van der Waals surface area contributed by atoms with Crippen LogP contribution in [0.25, 0.3) is 130 Å². The summed E-state index contributed by atoms with van der Waals surface area (Å²) in [6, 6.07) is 60.3. The Kier molecular flexibility index (Phi) is 12.9. The van der Waals surface area contributed by atoms with Crippen molar-refractivity contribution in [3.05, 3.63) is 261 Å². The quantitative estimate of drug-likeness (QED) is 0.144. The molecule has 0 bridgehead atoms. The molecule has 12 aromatic rings. The number of aromatic nitrogens is 2. The number of rotatable bonds is 7. The minimum absolute atomic E-state index is 0.0430. The van der Waals surface area contributed by atoms with Crippen molar-refractivity contribution in [3.63, 3.8) is 0 Å². The first-order valence-corrected chi connectivity index (χ1v) is 25.8. The van der Waals surface area contributed by atoms with Crippen LogP contribution in [0.3, 0.4) is 0 Å². The summed E-state index contributed by atoms with van der Waals surface area (Å²) in [5.74, 6) is 0. The molecule has 12 nitrogen and oxygen atoms in total. The first kappa shape index (κ1) is 53.1. The fourth-order valence-electron chi connectivity index (χ4n) is 11.2. The molecule has 0 aliphatic rings. The summed E-state index contributed by atoms with van der Waals surface area (Å²) in [6.45, 7) is 31.3. The molecule has 0 saturated carbocycles. The van der Waals surface area contributed by atoms with Gasteiger partial charge in [0.1, 0.15) is 6.07 Å². The average Bonchev–Trinajstić information content (AvgIpc) is 1.89. The molecule has 0 atom stereocenters. The Labute approximate surface area is 488 Å². The Morgan fingerprint density at radius 2 is 0.651 bits per heavy atom. The molecule has 0 aliphatic heterocycles. The van der Waals surface area contributed by atoms with Crippen molar-refractivity contribution in [2.45, 2.75) is 6.18 Å². The summed E-state index contributed by atoms with van der Waals surface area (Å²) < 4.78 is 47.7. The topological polar surface area (TPSA) is 170 Å². The van der Waals surface area contributed by atoms with E-state index in [1.54, 1.807) is 60.7 Å². The lowest BCUT2D eigenvalue weighted by molar-refractivity contribution is -0.137. The fraction of sp³-hybridized carbons (Fsp3) is 0.0141. The van der Waals surface area contributed by atoms with E-state index in [9.17, 15) is 44.7 Å². The second kappa shape index (κ2) is 20.9. The third-order valence-corrected chi connectivity index (χ3v) is 15.0. The number of fused-ring (bicyclic) bond motifs is 6. The molecule has 0 aliphatic carbocycles. The van der Waals surface area contributed by atoms with Crippen LogP contribution in [0.2, 0.25) is 0 Å². The maximum Gasteiger partial charge on any atom is 0.416 e. The second-order valence-corrected chi connectivity index (χ2v) is 19.9. The summed E-state index contributed by atoms with van der Waals surface area (Å²) in [5.41, 5.74) is 7.57. The molecule has 0 spiro atoms. The Bertz CT molecular complexity index is 5100. The van der Waals surface area contributed by atoms with Crippen molar-refractivity contribution in [3.8, 4) is 103 Å². The van der Waals surface area contributed by atoms with Crippen LogP contribution in [0, 0.1) is 94.3 Å². The van der Waals surface area contributed by atoms with Gasteiger partial charge in [0, 0.05) is 54.9 Å². The molecule has 0 N–H and O–H groups in total. The van der Waals surface area contributed by atoms with Crippen LogP contribution in [0.4, 0.5) is 35.9 Å². The molecule has 394 valence electrons. The van der Waals surface area contributed by atoms with E-state index in [1.165, 1.54) is 30.3 Å². The lowest BCUT2D eigenvalue weighted by Gasteiger charge is -2.20. The summed E-state index contributed by atoms with van der Waals surface area (Å²) >= 11 is 0. The second-order valence-electron chi connectivity index (χ2n) is 19.9. The van der Waals surface area contributed by atoms with Crippen molar-refractivity contribution < 1.29 is 13.2 Å². The fourth-order valence-corrected chi connectivity index (χ4v) is 11.2. The van der Waals surface area contributed by atoms with E-state index in [0.717, 1.165) is 12.1 Å². The third-order valence-electron chi connectivity index (χ3n) is 15.0. The zero-order chi connectivity index (χ0) is 60.1. The number of halogens is 3. The van der Waals surface area contributed by atoms with Crippen molar-refractivity contribution >= 4 is 66.4 Å². The zero-order valence-electron chi connectivity index (χ0n) is 44.2. The predicted molar refractivity (Wildman–Crippen MR) is 321 cm³/mol. The molecular formula is C71H29F3N12. The van der Waals surface area contributed by atoms with Gasteiger partial charge in [-0.2, -0.15) is 44.7 Å². The molecule has 0 saturated heterocycles. The van der Waals surface area contributed by atoms with Gasteiger partial charge in [0.05, 0.1) is 107 Å². The lowest BCUT2D eigenvalue weighted by atomic mass is 9.94. The van der Waals surface area contributed by atoms with Gasteiger partial charge in [-0.05, 0) is 166 Å². The highest BCUT2D eigenvalue weighted by Gasteiger charge is 2.32. The number of nitriles is 6. The highest BCUT2D eigenvalue weighted by Crippen LogP contribution is 2.46. The first-order valence-electron chi connectivity index (χ1n) is 25.8. The standard InChI is InChI=1S/C71H29F3N12/c1-81-55-19-40(34-75)15-48(24-55)44-5-10-60-61-11-6-45(49-16-41(35-76)20-56(25-49)82-2)29-67(61)85(66(60)28-44)65-33-64(59-14-9-54(71(72,73)74)23-52(59)38-79)70(32-53(65)39-80)86-68-30-46(50-17-42(36-77)21-57(26-50)83-3)7-12-62(68)63-13-8-47(31-69(63)86)51-18-43(37-78)22-58(27-51)84-4/h5-33H. The van der Waals surface area contributed by atoms with E-state index < -0.39 is 11.7 Å². The highest BCUT2D eigenvalue weighted by atomic mass is 19.4. The molecule has 0 amide bonds. The lowest BCUT2D eigenvalue weighted by Crippen LogP contribution is -2.07. The zero-order valence-corrected chi connectivity index (χ0v) is 44.2.